The van der Waals surface area contributed by atoms with E-state index in [2.05, 4.69) is 15.9 Å². The van der Waals surface area contributed by atoms with Crippen LogP contribution in [-0.4, -0.2) is 0 Å². The lowest BCUT2D eigenvalue weighted by atomic mass is 10.1. The summed E-state index contributed by atoms with van der Waals surface area (Å²) in [5.74, 6) is -1.18. The van der Waals surface area contributed by atoms with Crippen molar-refractivity contribution in [3.63, 3.8) is 0 Å². The van der Waals surface area contributed by atoms with Crippen LogP contribution in [0.2, 0.25) is 5.02 Å². The molecule has 90 valence electrons. The lowest BCUT2D eigenvalue weighted by molar-refractivity contribution is 0.507. The maximum absolute atomic E-state index is 13.2. The number of hydrogen-bond acceptors (Lipinski definition) is 1. The Morgan fingerprint density at radius 2 is 1.88 bits per heavy atom. The molecule has 0 fully saturated rings. The predicted molar refractivity (Wildman–Crippen MR) is 65.6 cm³/mol. The van der Waals surface area contributed by atoms with Crippen molar-refractivity contribution in [2.45, 2.75) is 11.8 Å². The molecule has 2 aromatic rings. The maximum atomic E-state index is 13.2. The molecule has 0 amide bonds. The van der Waals surface area contributed by atoms with Crippen molar-refractivity contribution in [3.8, 4) is 0 Å². The summed E-state index contributed by atoms with van der Waals surface area (Å²) in [6, 6.07) is 3.81. The number of alkyl halides is 1. The minimum absolute atomic E-state index is 0.173. The summed E-state index contributed by atoms with van der Waals surface area (Å²) in [6.07, 6.45) is 1.53. The van der Waals surface area contributed by atoms with Gasteiger partial charge in [0.15, 0.2) is 11.6 Å². The van der Waals surface area contributed by atoms with Crippen molar-refractivity contribution in [1.29, 1.82) is 0 Å². The number of rotatable bonds is 2. The number of furan rings is 1. The first-order chi connectivity index (χ1) is 8.00. The van der Waals surface area contributed by atoms with Crippen LogP contribution in [0.25, 0.3) is 0 Å². The second-order valence-electron chi connectivity index (χ2n) is 3.58. The number of benzene rings is 1. The second kappa shape index (κ2) is 4.78. The van der Waals surface area contributed by atoms with Gasteiger partial charge >= 0.3 is 0 Å². The van der Waals surface area contributed by atoms with Gasteiger partial charge in [-0.05, 0) is 30.7 Å². The largest absolute Gasteiger partial charge is 0.469 e. The average molecular weight is 322 g/mol. The minimum Gasteiger partial charge on any atom is -0.469 e. The van der Waals surface area contributed by atoms with Gasteiger partial charge in [-0.15, -0.1) is 0 Å². The van der Waals surface area contributed by atoms with E-state index in [-0.39, 0.29) is 9.85 Å². The van der Waals surface area contributed by atoms with E-state index in [4.69, 9.17) is 16.0 Å². The summed E-state index contributed by atoms with van der Waals surface area (Å²) >= 11 is 9.30. The van der Waals surface area contributed by atoms with E-state index in [0.29, 0.717) is 11.3 Å². The Morgan fingerprint density at radius 1 is 1.24 bits per heavy atom. The van der Waals surface area contributed by atoms with Crippen molar-refractivity contribution in [3.05, 3.63) is 58.0 Å². The summed E-state index contributed by atoms with van der Waals surface area (Å²) in [5, 5.41) is 0.173. The molecule has 0 bridgehead atoms. The molecule has 0 saturated heterocycles. The molecule has 1 atom stereocenters. The van der Waals surface area contributed by atoms with E-state index in [1.807, 2.05) is 0 Å². The lowest BCUT2D eigenvalue weighted by Crippen LogP contribution is -1.97. The standard InChI is InChI=1S/C12H8BrClF2O/c1-6-7(2-3-17-6)12(13)8-4-10(15)11(16)5-9(8)14/h2-5,12H,1H3. The molecule has 1 aromatic carbocycles. The molecule has 0 saturated carbocycles. The molecule has 2 rings (SSSR count). The molecule has 0 aliphatic carbocycles. The van der Waals surface area contributed by atoms with Gasteiger partial charge in [-0.3, -0.25) is 0 Å². The van der Waals surface area contributed by atoms with Crippen LogP contribution in [0.1, 0.15) is 21.7 Å². The zero-order chi connectivity index (χ0) is 12.6. The molecular formula is C12H8BrClF2O. The molecule has 0 N–H and O–H groups in total. The number of hydrogen-bond donors (Lipinski definition) is 0. The fourth-order valence-corrected chi connectivity index (χ4v) is 2.80. The van der Waals surface area contributed by atoms with Crippen LogP contribution in [0.15, 0.2) is 28.9 Å². The zero-order valence-electron chi connectivity index (χ0n) is 8.81. The van der Waals surface area contributed by atoms with Crippen molar-refractivity contribution in [2.75, 3.05) is 0 Å². The van der Waals surface area contributed by atoms with Gasteiger partial charge in [0.05, 0.1) is 11.1 Å². The monoisotopic (exact) mass is 320 g/mol. The van der Waals surface area contributed by atoms with Crippen molar-refractivity contribution < 1.29 is 13.2 Å². The Kier molecular flexibility index (Phi) is 3.54. The molecule has 1 heterocycles. The van der Waals surface area contributed by atoms with E-state index in [9.17, 15) is 8.78 Å². The first-order valence-corrected chi connectivity index (χ1v) is 6.12. The van der Waals surface area contributed by atoms with Crippen molar-refractivity contribution in [1.82, 2.24) is 0 Å². The number of halogens is 4. The highest BCUT2D eigenvalue weighted by Gasteiger charge is 2.19. The fourth-order valence-electron chi connectivity index (χ4n) is 1.56. The van der Waals surface area contributed by atoms with E-state index in [0.717, 1.165) is 17.7 Å². The van der Waals surface area contributed by atoms with Gasteiger partial charge in [0.2, 0.25) is 0 Å². The SMILES string of the molecule is Cc1occc1C(Br)c1cc(F)c(F)cc1Cl. The summed E-state index contributed by atoms with van der Waals surface area (Å²) in [5.41, 5.74) is 1.30. The van der Waals surface area contributed by atoms with Crippen LogP contribution in [0, 0.1) is 18.6 Å². The number of aryl methyl sites for hydroxylation is 1. The molecule has 0 spiro atoms. The quantitative estimate of drug-likeness (QED) is 0.560. The van der Waals surface area contributed by atoms with Gasteiger partial charge in [-0.2, -0.15) is 0 Å². The van der Waals surface area contributed by atoms with E-state index >= 15 is 0 Å². The van der Waals surface area contributed by atoms with Crippen LogP contribution in [0.4, 0.5) is 8.78 Å². The van der Waals surface area contributed by atoms with Gasteiger partial charge in [0.1, 0.15) is 5.76 Å². The Labute approximate surface area is 111 Å². The third-order valence-corrected chi connectivity index (χ3v) is 3.80. The Morgan fingerprint density at radius 3 is 2.47 bits per heavy atom. The summed E-state index contributed by atoms with van der Waals surface area (Å²) in [7, 11) is 0. The minimum atomic E-state index is -0.956. The third-order valence-electron chi connectivity index (χ3n) is 2.48. The summed E-state index contributed by atoms with van der Waals surface area (Å²) in [6.45, 7) is 1.79. The van der Waals surface area contributed by atoms with Crippen LogP contribution >= 0.6 is 27.5 Å². The zero-order valence-corrected chi connectivity index (χ0v) is 11.1. The topological polar surface area (TPSA) is 13.1 Å². The van der Waals surface area contributed by atoms with Gasteiger partial charge in [-0.25, -0.2) is 8.78 Å². The molecule has 17 heavy (non-hydrogen) atoms. The fraction of sp³-hybridized carbons (Fsp3) is 0.167. The molecule has 5 heteroatoms. The highest BCUT2D eigenvalue weighted by atomic mass is 79.9. The smallest absolute Gasteiger partial charge is 0.160 e. The van der Waals surface area contributed by atoms with Gasteiger partial charge in [0, 0.05) is 10.6 Å². The van der Waals surface area contributed by atoms with Crippen LogP contribution < -0.4 is 0 Å². The predicted octanol–water partition coefficient (Wildman–Crippen LogP) is 5.00. The molecular weight excluding hydrogens is 313 g/mol. The second-order valence-corrected chi connectivity index (χ2v) is 4.91. The third kappa shape index (κ3) is 2.38. The molecule has 1 unspecified atom stereocenters. The molecule has 1 nitrogen and oxygen atoms in total. The Balaban J connectivity index is 2.48. The van der Waals surface area contributed by atoms with Gasteiger partial charge < -0.3 is 4.42 Å². The van der Waals surface area contributed by atoms with E-state index in [1.165, 1.54) is 6.26 Å². The van der Waals surface area contributed by atoms with Gasteiger partial charge in [-0.1, -0.05) is 27.5 Å². The summed E-state index contributed by atoms with van der Waals surface area (Å²) < 4.78 is 31.3. The average Bonchev–Trinajstić information content (AvgIpc) is 2.69. The van der Waals surface area contributed by atoms with Crippen LogP contribution in [0.5, 0.6) is 0 Å². The first kappa shape index (κ1) is 12.6. The lowest BCUT2D eigenvalue weighted by Gasteiger charge is -2.11. The highest BCUT2D eigenvalue weighted by Crippen LogP contribution is 2.37. The van der Waals surface area contributed by atoms with E-state index < -0.39 is 11.6 Å². The summed E-state index contributed by atoms with van der Waals surface area (Å²) in [4.78, 5) is -0.330. The Bertz CT molecular complexity index is 553. The molecule has 0 aliphatic heterocycles. The van der Waals surface area contributed by atoms with Gasteiger partial charge in [0.25, 0.3) is 0 Å². The van der Waals surface area contributed by atoms with Crippen molar-refractivity contribution in [2.24, 2.45) is 0 Å². The maximum Gasteiger partial charge on any atom is 0.160 e. The van der Waals surface area contributed by atoms with Crippen molar-refractivity contribution >= 4 is 27.5 Å². The molecule has 0 aliphatic rings. The van der Waals surface area contributed by atoms with E-state index in [1.54, 1.807) is 13.0 Å². The first-order valence-electron chi connectivity index (χ1n) is 4.83. The normalized spacial score (nSPS) is 12.8. The Hall–Kier alpha value is -0.870. The van der Waals surface area contributed by atoms with Crippen LogP contribution in [-0.2, 0) is 0 Å². The van der Waals surface area contributed by atoms with Crippen LogP contribution in [0.3, 0.4) is 0 Å². The molecule has 1 aromatic heterocycles. The highest BCUT2D eigenvalue weighted by molar-refractivity contribution is 9.09. The molecule has 0 radical (unpaired) electrons.